The Morgan fingerprint density at radius 3 is 2.41 bits per heavy atom. The second kappa shape index (κ2) is 5.97. The minimum absolute atomic E-state index is 0.0260. The third kappa shape index (κ3) is 3.67. The van der Waals surface area contributed by atoms with E-state index in [4.69, 9.17) is 10.5 Å². The molecule has 1 heterocycles. The van der Waals surface area contributed by atoms with Gasteiger partial charge in [0.05, 0.1) is 12.6 Å². The van der Waals surface area contributed by atoms with E-state index in [1.54, 1.807) is 21.1 Å². The number of hydrogen-bond acceptors (Lipinski definition) is 4. The molecule has 1 saturated heterocycles. The van der Waals surface area contributed by atoms with Crippen LogP contribution in [-0.2, 0) is 14.3 Å². The molecule has 0 aromatic heterocycles. The van der Waals surface area contributed by atoms with Crippen LogP contribution in [0.1, 0.15) is 12.8 Å². The summed E-state index contributed by atoms with van der Waals surface area (Å²) in [5.41, 5.74) is 5.48. The molecule has 1 rings (SSSR count). The number of carbonyl (C=O) groups is 2. The van der Waals surface area contributed by atoms with Crippen molar-refractivity contribution >= 4 is 11.8 Å². The number of rotatable bonds is 4. The number of ether oxygens (including phenoxy) is 1. The molecule has 6 nitrogen and oxygen atoms in total. The Hall–Kier alpha value is -1.14. The van der Waals surface area contributed by atoms with Crippen LogP contribution in [-0.4, -0.2) is 68.1 Å². The van der Waals surface area contributed by atoms with Crippen molar-refractivity contribution < 1.29 is 14.3 Å². The summed E-state index contributed by atoms with van der Waals surface area (Å²) in [6.45, 7) is 0.517. The lowest BCUT2D eigenvalue weighted by Crippen LogP contribution is -2.42. The Bertz CT molecular complexity index is 294. The van der Waals surface area contributed by atoms with Crippen LogP contribution < -0.4 is 5.73 Å². The third-order valence-electron chi connectivity index (χ3n) is 2.89. The van der Waals surface area contributed by atoms with Crippen molar-refractivity contribution in [3.8, 4) is 0 Å². The predicted octanol–water partition coefficient (Wildman–Crippen LogP) is -0.961. The monoisotopic (exact) mass is 243 g/mol. The van der Waals surface area contributed by atoms with Crippen molar-refractivity contribution in [2.45, 2.75) is 25.0 Å². The zero-order chi connectivity index (χ0) is 13.0. The predicted molar refractivity (Wildman–Crippen MR) is 63.3 cm³/mol. The smallest absolute Gasteiger partial charge is 0.251 e. The highest BCUT2D eigenvalue weighted by atomic mass is 16.5. The van der Waals surface area contributed by atoms with Gasteiger partial charge in [0.2, 0.25) is 5.91 Å². The van der Waals surface area contributed by atoms with Crippen molar-refractivity contribution in [2.75, 3.05) is 34.2 Å². The summed E-state index contributed by atoms with van der Waals surface area (Å²) in [6.07, 6.45) is 1.02. The van der Waals surface area contributed by atoms with Gasteiger partial charge in [0, 0.05) is 27.7 Å². The van der Waals surface area contributed by atoms with Crippen LogP contribution in [0.15, 0.2) is 0 Å². The highest BCUT2D eigenvalue weighted by Crippen LogP contribution is 2.20. The molecule has 1 aliphatic heterocycles. The van der Waals surface area contributed by atoms with Gasteiger partial charge in [-0.3, -0.25) is 9.59 Å². The van der Waals surface area contributed by atoms with E-state index in [9.17, 15) is 9.59 Å². The van der Waals surface area contributed by atoms with Gasteiger partial charge in [-0.1, -0.05) is 0 Å². The van der Waals surface area contributed by atoms with Crippen LogP contribution in [0.3, 0.4) is 0 Å². The quantitative estimate of drug-likeness (QED) is 0.690. The SMILES string of the molecule is CN(C)C(=O)CN(C)C(=O)C1CCC(CN)O1. The highest BCUT2D eigenvalue weighted by Gasteiger charge is 2.32. The molecule has 2 atom stereocenters. The van der Waals surface area contributed by atoms with Gasteiger partial charge in [-0.2, -0.15) is 0 Å². The highest BCUT2D eigenvalue weighted by molar-refractivity contribution is 5.86. The third-order valence-corrected chi connectivity index (χ3v) is 2.89. The molecule has 0 spiro atoms. The molecule has 0 saturated carbocycles. The first-order valence-electron chi connectivity index (χ1n) is 5.76. The Morgan fingerprint density at radius 1 is 1.29 bits per heavy atom. The summed E-state index contributed by atoms with van der Waals surface area (Å²) in [5.74, 6) is -0.245. The van der Waals surface area contributed by atoms with E-state index in [1.165, 1.54) is 9.80 Å². The van der Waals surface area contributed by atoms with Crippen LogP contribution >= 0.6 is 0 Å². The molecule has 0 radical (unpaired) electrons. The van der Waals surface area contributed by atoms with Gasteiger partial charge in [-0.25, -0.2) is 0 Å². The Kier molecular flexibility index (Phi) is 4.89. The summed E-state index contributed by atoms with van der Waals surface area (Å²) in [4.78, 5) is 26.3. The van der Waals surface area contributed by atoms with Gasteiger partial charge in [-0.15, -0.1) is 0 Å². The fourth-order valence-electron chi connectivity index (χ4n) is 1.73. The molecule has 17 heavy (non-hydrogen) atoms. The van der Waals surface area contributed by atoms with E-state index >= 15 is 0 Å². The van der Waals surface area contributed by atoms with Crippen LogP contribution in [0.4, 0.5) is 0 Å². The average molecular weight is 243 g/mol. The van der Waals surface area contributed by atoms with Gasteiger partial charge >= 0.3 is 0 Å². The summed E-state index contributed by atoms with van der Waals surface area (Å²) in [6, 6.07) is 0. The Labute approximate surface area is 102 Å². The Balaban J connectivity index is 2.45. The molecule has 0 bridgehead atoms. The number of amides is 2. The normalized spacial score (nSPS) is 23.5. The van der Waals surface area contributed by atoms with Gasteiger partial charge in [-0.05, 0) is 12.8 Å². The van der Waals surface area contributed by atoms with E-state index in [-0.39, 0.29) is 24.5 Å². The standard InChI is InChI=1S/C11H21N3O3/c1-13(2)10(15)7-14(3)11(16)9-5-4-8(6-12)17-9/h8-9H,4-7,12H2,1-3H3. The average Bonchev–Trinajstić information content (AvgIpc) is 2.76. The molecule has 0 aliphatic carbocycles. The van der Waals surface area contributed by atoms with Gasteiger partial charge < -0.3 is 20.3 Å². The zero-order valence-electron chi connectivity index (χ0n) is 10.7. The van der Waals surface area contributed by atoms with Crippen molar-refractivity contribution in [3.05, 3.63) is 0 Å². The van der Waals surface area contributed by atoms with Crippen LogP contribution in [0.2, 0.25) is 0 Å². The molecule has 2 N–H and O–H groups in total. The number of carbonyl (C=O) groups excluding carboxylic acids is 2. The van der Waals surface area contributed by atoms with Gasteiger partial charge in [0.25, 0.3) is 5.91 Å². The van der Waals surface area contributed by atoms with Crippen LogP contribution in [0, 0.1) is 0 Å². The lowest BCUT2D eigenvalue weighted by Gasteiger charge is -2.22. The second-order valence-electron chi connectivity index (χ2n) is 4.54. The lowest BCUT2D eigenvalue weighted by atomic mass is 10.2. The number of nitrogens with zero attached hydrogens (tertiary/aromatic N) is 2. The summed E-state index contributed by atoms with van der Waals surface area (Å²) in [5, 5.41) is 0. The number of nitrogens with two attached hydrogens (primary N) is 1. The molecular weight excluding hydrogens is 222 g/mol. The molecule has 2 unspecified atom stereocenters. The van der Waals surface area contributed by atoms with E-state index in [1.807, 2.05) is 0 Å². The van der Waals surface area contributed by atoms with Crippen molar-refractivity contribution in [1.29, 1.82) is 0 Å². The maximum absolute atomic E-state index is 12.0. The molecule has 2 amide bonds. The summed E-state index contributed by atoms with van der Waals surface area (Å²) >= 11 is 0. The van der Waals surface area contributed by atoms with E-state index in [2.05, 4.69) is 0 Å². The minimum atomic E-state index is -0.441. The summed E-state index contributed by atoms with van der Waals surface area (Å²) < 4.78 is 5.49. The first-order valence-corrected chi connectivity index (χ1v) is 5.76. The molecule has 6 heteroatoms. The number of likely N-dealkylation sites (N-methyl/N-ethyl adjacent to an activating group) is 2. The first-order chi connectivity index (χ1) is 7.95. The maximum Gasteiger partial charge on any atom is 0.251 e. The van der Waals surface area contributed by atoms with Crippen LogP contribution in [0.5, 0.6) is 0 Å². The maximum atomic E-state index is 12.0. The first kappa shape index (κ1) is 13.9. The van der Waals surface area contributed by atoms with Gasteiger partial charge in [0.1, 0.15) is 6.10 Å². The second-order valence-corrected chi connectivity index (χ2v) is 4.54. The zero-order valence-corrected chi connectivity index (χ0v) is 10.7. The van der Waals surface area contributed by atoms with Crippen molar-refractivity contribution in [1.82, 2.24) is 9.80 Å². The molecule has 1 aliphatic rings. The fraction of sp³-hybridized carbons (Fsp3) is 0.818. The molecular formula is C11H21N3O3. The largest absolute Gasteiger partial charge is 0.364 e. The topological polar surface area (TPSA) is 75.9 Å². The van der Waals surface area contributed by atoms with Crippen molar-refractivity contribution in [3.63, 3.8) is 0 Å². The minimum Gasteiger partial charge on any atom is -0.364 e. The molecule has 1 fully saturated rings. The van der Waals surface area contributed by atoms with Crippen molar-refractivity contribution in [2.24, 2.45) is 5.73 Å². The number of hydrogen-bond donors (Lipinski definition) is 1. The Morgan fingerprint density at radius 2 is 1.94 bits per heavy atom. The van der Waals surface area contributed by atoms with E-state index in [0.29, 0.717) is 13.0 Å². The molecule has 0 aromatic carbocycles. The van der Waals surface area contributed by atoms with Gasteiger partial charge in [0.15, 0.2) is 0 Å². The van der Waals surface area contributed by atoms with E-state index in [0.717, 1.165) is 6.42 Å². The van der Waals surface area contributed by atoms with E-state index < -0.39 is 6.10 Å². The molecule has 98 valence electrons. The fourth-order valence-corrected chi connectivity index (χ4v) is 1.73. The lowest BCUT2D eigenvalue weighted by molar-refractivity contribution is -0.145. The van der Waals surface area contributed by atoms with Crippen LogP contribution in [0.25, 0.3) is 0 Å². The molecule has 0 aromatic rings. The summed E-state index contributed by atoms with van der Waals surface area (Å²) in [7, 11) is 4.94.